The molecule has 0 spiro atoms. The predicted octanol–water partition coefficient (Wildman–Crippen LogP) is 2.31. The number of hydrogen-bond acceptors (Lipinski definition) is 4. The van der Waals surface area contributed by atoms with Crippen LogP contribution >= 0.6 is 23.2 Å². The van der Waals surface area contributed by atoms with Crippen molar-refractivity contribution in [3.63, 3.8) is 0 Å². The monoisotopic (exact) mass is 392 g/mol. The van der Waals surface area contributed by atoms with Gasteiger partial charge in [0.1, 0.15) is 5.54 Å². The number of sulfonamides is 1. The lowest BCUT2D eigenvalue weighted by molar-refractivity contribution is -0.146. The molecule has 2 aliphatic rings. The van der Waals surface area contributed by atoms with Crippen LogP contribution in [0.25, 0.3) is 0 Å². The maximum Gasteiger partial charge on any atom is 0.324 e. The van der Waals surface area contributed by atoms with Crippen molar-refractivity contribution >= 4 is 39.2 Å². The molecule has 0 aliphatic carbocycles. The molecule has 2 aliphatic heterocycles. The number of benzene rings is 1. The summed E-state index contributed by atoms with van der Waals surface area (Å²) in [7, 11) is -4.03. The average Bonchev–Trinajstić information content (AvgIpc) is 2.75. The van der Waals surface area contributed by atoms with Crippen molar-refractivity contribution in [1.29, 1.82) is 0 Å². The summed E-state index contributed by atoms with van der Waals surface area (Å²) in [5.74, 6) is -1.15. The molecule has 0 radical (unpaired) electrons. The number of carboxylic acids is 1. The maximum absolute atomic E-state index is 13.1. The van der Waals surface area contributed by atoms with Gasteiger partial charge in [-0.1, -0.05) is 23.2 Å². The first kappa shape index (κ1) is 17.9. The van der Waals surface area contributed by atoms with Crippen molar-refractivity contribution in [1.82, 2.24) is 9.21 Å². The Hall–Kier alpha value is -0.860. The van der Waals surface area contributed by atoms with Gasteiger partial charge in [-0.3, -0.25) is 9.69 Å². The summed E-state index contributed by atoms with van der Waals surface area (Å²) in [4.78, 5) is 13.9. The Morgan fingerprint density at radius 3 is 2.29 bits per heavy atom. The van der Waals surface area contributed by atoms with Crippen LogP contribution in [0.2, 0.25) is 10.0 Å². The quantitative estimate of drug-likeness (QED) is 0.850. The van der Waals surface area contributed by atoms with Gasteiger partial charge >= 0.3 is 5.97 Å². The molecule has 0 amide bonds. The second-order valence-electron chi connectivity index (χ2n) is 6.47. The van der Waals surface area contributed by atoms with Crippen LogP contribution in [0.1, 0.15) is 19.8 Å². The number of rotatable bonds is 4. The standard InChI is InChI=1S/C15H18Cl2N2O4S/c1-15(14(20)21)8-12(18-3-2-4-18)9-19(15)24(22,23)13-6-10(16)5-11(17)7-13/h5-7,12H,2-4,8-9H2,1H3,(H,20,21)/t12-,15?/m1/s1. The fraction of sp³-hybridized carbons (Fsp3) is 0.533. The van der Waals surface area contributed by atoms with E-state index in [2.05, 4.69) is 4.90 Å². The fourth-order valence-corrected chi connectivity index (χ4v) is 5.84. The van der Waals surface area contributed by atoms with Gasteiger partial charge in [-0.05, 0) is 51.1 Å². The normalized spacial score (nSPS) is 28.7. The van der Waals surface area contributed by atoms with Gasteiger partial charge in [-0.25, -0.2) is 8.42 Å². The van der Waals surface area contributed by atoms with E-state index in [9.17, 15) is 18.3 Å². The Labute approximate surface area is 151 Å². The number of likely N-dealkylation sites (tertiary alicyclic amines) is 1. The van der Waals surface area contributed by atoms with Crippen molar-refractivity contribution < 1.29 is 18.3 Å². The largest absolute Gasteiger partial charge is 0.480 e. The van der Waals surface area contributed by atoms with Gasteiger partial charge in [0.15, 0.2) is 0 Å². The van der Waals surface area contributed by atoms with Crippen LogP contribution in [0.3, 0.4) is 0 Å². The smallest absolute Gasteiger partial charge is 0.324 e. The topological polar surface area (TPSA) is 77.9 Å². The predicted molar refractivity (Wildman–Crippen MR) is 91.0 cm³/mol. The first-order valence-corrected chi connectivity index (χ1v) is 9.80. The zero-order valence-corrected chi connectivity index (χ0v) is 15.4. The van der Waals surface area contributed by atoms with Gasteiger partial charge in [-0.2, -0.15) is 4.31 Å². The Morgan fingerprint density at radius 1 is 1.25 bits per heavy atom. The highest BCUT2D eigenvalue weighted by Gasteiger charge is 2.55. The maximum atomic E-state index is 13.1. The molecule has 0 aromatic heterocycles. The van der Waals surface area contributed by atoms with Crippen LogP contribution in [-0.2, 0) is 14.8 Å². The third-order valence-electron chi connectivity index (χ3n) is 4.85. The van der Waals surface area contributed by atoms with Crippen molar-refractivity contribution in [3.05, 3.63) is 28.2 Å². The summed E-state index contributed by atoms with van der Waals surface area (Å²) >= 11 is 11.8. The number of aliphatic carboxylic acids is 1. The Balaban J connectivity index is 2.01. The van der Waals surface area contributed by atoms with Crippen molar-refractivity contribution in [2.75, 3.05) is 19.6 Å². The van der Waals surface area contributed by atoms with Crippen LogP contribution in [0.15, 0.2) is 23.1 Å². The molecular formula is C15H18Cl2N2O4S. The van der Waals surface area contributed by atoms with Crippen LogP contribution in [0.5, 0.6) is 0 Å². The molecular weight excluding hydrogens is 375 g/mol. The van der Waals surface area contributed by atoms with E-state index in [0.29, 0.717) is 0 Å². The van der Waals surface area contributed by atoms with E-state index in [1.807, 2.05) is 0 Å². The molecule has 3 rings (SSSR count). The molecule has 0 saturated carbocycles. The molecule has 1 aromatic rings. The van der Waals surface area contributed by atoms with Crippen LogP contribution in [0, 0.1) is 0 Å². The number of hydrogen-bond donors (Lipinski definition) is 1. The second-order valence-corrected chi connectivity index (χ2v) is 9.20. The third-order valence-corrected chi connectivity index (χ3v) is 7.25. The molecule has 6 nitrogen and oxygen atoms in total. The van der Waals surface area contributed by atoms with Gasteiger partial charge < -0.3 is 5.11 Å². The summed E-state index contributed by atoms with van der Waals surface area (Å²) < 4.78 is 27.2. The van der Waals surface area contributed by atoms with Crippen molar-refractivity contribution in [2.24, 2.45) is 0 Å². The number of nitrogens with zero attached hydrogens (tertiary/aromatic N) is 2. The van der Waals surface area contributed by atoms with E-state index >= 15 is 0 Å². The molecule has 1 N–H and O–H groups in total. The minimum Gasteiger partial charge on any atom is -0.480 e. The van der Waals surface area contributed by atoms with Crippen LogP contribution in [0.4, 0.5) is 0 Å². The molecule has 1 unspecified atom stereocenters. The summed E-state index contributed by atoms with van der Waals surface area (Å²) in [6, 6.07) is 3.93. The first-order valence-electron chi connectivity index (χ1n) is 7.61. The summed E-state index contributed by atoms with van der Waals surface area (Å²) in [5, 5.41) is 10.1. The molecule has 1 aromatic carbocycles. The zero-order chi connectivity index (χ0) is 17.7. The molecule has 9 heteroatoms. The third kappa shape index (κ3) is 2.93. The van der Waals surface area contributed by atoms with Crippen molar-refractivity contribution in [3.8, 4) is 0 Å². The highest BCUT2D eigenvalue weighted by molar-refractivity contribution is 7.89. The van der Waals surface area contributed by atoms with Gasteiger partial charge in [-0.15, -0.1) is 0 Å². The molecule has 24 heavy (non-hydrogen) atoms. The number of carbonyl (C=O) groups is 1. The molecule has 2 saturated heterocycles. The SMILES string of the molecule is CC1(C(=O)O)C[C@@H](N2CCC2)CN1S(=O)(=O)c1cc(Cl)cc(Cl)c1. The first-order chi connectivity index (χ1) is 11.1. The number of carboxylic acid groups (broad SMARTS) is 1. The average molecular weight is 393 g/mol. The lowest BCUT2D eigenvalue weighted by atomic mass is 9.97. The van der Waals surface area contributed by atoms with E-state index in [4.69, 9.17) is 23.2 Å². The molecule has 2 heterocycles. The highest BCUT2D eigenvalue weighted by atomic mass is 35.5. The zero-order valence-electron chi connectivity index (χ0n) is 13.1. The Bertz CT molecular complexity index is 761. The lowest BCUT2D eigenvalue weighted by Gasteiger charge is -2.36. The molecule has 2 atom stereocenters. The highest BCUT2D eigenvalue weighted by Crippen LogP contribution is 2.38. The molecule has 132 valence electrons. The van der Waals surface area contributed by atoms with Gasteiger partial charge in [0.05, 0.1) is 4.90 Å². The summed E-state index contributed by atoms with van der Waals surface area (Å²) in [6.07, 6.45) is 1.31. The van der Waals surface area contributed by atoms with E-state index in [0.717, 1.165) is 23.8 Å². The summed E-state index contributed by atoms with van der Waals surface area (Å²) in [6.45, 7) is 3.35. The van der Waals surface area contributed by atoms with Gasteiger partial charge in [0.2, 0.25) is 10.0 Å². The molecule has 0 bridgehead atoms. The Kier molecular flexibility index (Phi) is 4.59. The van der Waals surface area contributed by atoms with E-state index in [-0.39, 0.29) is 33.9 Å². The Morgan fingerprint density at radius 2 is 1.83 bits per heavy atom. The molecule has 2 fully saturated rings. The summed E-state index contributed by atoms with van der Waals surface area (Å²) in [5.41, 5.74) is -1.49. The van der Waals surface area contributed by atoms with E-state index in [1.165, 1.54) is 25.1 Å². The second kappa shape index (κ2) is 6.14. The van der Waals surface area contributed by atoms with E-state index < -0.39 is 21.5 Å². The van der Waals surface area contributed by atoms with Crippen molar-refractivity contribution in [2.45, 2.75) is 36.2 Å². The minimum absolute atomic E-state index is 0.0864. The van der Waals surface area contributed by atoms with Gasteiger partial charge in [0.25, 0.3) is 0 Å². The van der Waals surface area contributed by atoms with E-state index in [1.54, 1.807) is 0 Å². The number of halogens is 2. The lowest BCUT2D eigenvalue weighted by Crippen LogP contribution is -2.50. The van der Waals surface area contributed by atoms with Gasteiger partial charge in [0, 0.05) is 22.6 Å². The minimum atomic E-state index is -4.03. The van der Waals surface area contributed by atoms with Crippen LogP contribution in [-0.4, -0.2) is 59.9 Å². The fourth-order valence-electron chi connectivity index (χ4n) is 3.33. The van der Waals surface area contributed by atoms with Crippen LogP contribution < -0.4 is 0 Å².